The van der Waals surface area contributed by atoms with Crippen molar-refractivity contribution in [2.75, 3.05) is 39.4 Å². The van der Waals surface area contributed by atoms with E-state index in [0.717, 1.165) is 22.6 Å². The number of ether oxygens (including phenoxy) is 1. The molecule has 0 aliphatic carbocycles. The summed E-state index contributed by atoms with van der Waals surface area (Å²) in [5, 5.41) is 0. The molecule has 2 fully saturated rings. The molecule has 0 saturated carbocycles. The summed E-state index contributed by atoms with van der Waals surface area (Å²) in [4.78, 5) is 16.7. The van der Waals surface area contributed by atoms with E-state index >= 15 is 0 Å². The maximum atomic E-state index is 13.0. The lowest BCUT2D eigenvalue weighted by molar-refractivity contribution is -0.140. The van der Waals surface area contributed by atoms with Crippen LogP contribution in [0.1, 0.15) is 22.6 Å². The predicted molar refractivity (Wildman–Crippen MR) is 92.7 cm³/mol. The van der Waals surface area contributed by atoms with Crippen molar-refractivity contribution in [2.45, 2.75) is 31.6 Å². The van der Waals surface area contributed by atoms with Crippen LogP contribution in [-0.4, -0.2) is 62.9 Å². The molecule has 0 spiro atoms. The highest BCUT2D eigenvalue weighted by Crippen LogP contribution is 2.30. The molecule has 1 aromatic rings. The predicted octanol–water partition coefficient (Wildman–Crippen LogP) is 1.62. The molecular formula is C16H24N2O4S2. The first-order valence-corrected chi connectivity index (χ1v) is 10.6. The Morgan fingerprint density at radius 1 is 1.25 bits per heavy atom. The van der Waals surface area contributed by atoms with E-state index in [2.05, 4.69) is 0 Å². The van der Waals surface area contributed by atoms with Gasteiger partial charge in [-0.1, -0.05) is 0 Å². The maximum absolute atomic E-state index is 13.0. The number of carbonyl (C=O) groups is 1. The summed E-state index contributed by atoms with van der Waals surface area (Å²) in [5.41, 5.74) is 0. The summed E-state index contributed by atoms with van der Waals surface area (Å²) in [6.07, 6.45) is 1.48. The third-order valence-corrected chi connectivity index (χ3v) is 7.76. The van der Waals surface area contributed by atoms with E-state index in [-0.39, 0.29) is 18.4 Å². The molecule has 1 amide bonds. The van der Waals surface area contributed by atoms with Gasteiger partial charge in [0.05, 0.1) is 24.0 Å². The summed E-state index contributed by atoms with van der Waals surface area (Å²) in [5.74, 6) is -0.178. The van der Waals surface area contributed by atoms with Crippen molar-refractivity contribution in [2.24, 2.45) is 5.92 Å². The van der Waals surface area contributed by atoms with Gasteiger partial charge in [0.25, 0.3) is 0 Å². The standard InChI is InChI=1S/C16H24N2O4S2/c1-12-10-15(13(2)23-12)24(20,21)18-5-3-4-14(11-18)16(19)17-6-8-22-9-7-17/h10,14H,3-9,11H2,1-2H3/t14-/m0/s1. The number of carbonyl (C=O) groups excluding carboxylic acids is 1. The molecule has 0 N–H and O–H groups in total. The molecule has 2 aliphatic heterocycles. The number of hydrogen-bond donors (Lipinski definition) is 0. The lowest BCUT2D eigenvalue weighted by Crippen LogP contribution is -2.49. The zero-order valence-corrected chi connectivity index (χ0v) is 15.8. The van der Waals surface area contributed by atoms with E-state index < -0.39 is 10.0 Å². The van der Waals surface area contributed by atoms with Gasteiger partial charge < -0.3 is 9.64 Å². The molecule has 134 valence electrons. The molecule has 1 atom stereocenters. The molecule has 1 aromatic heterocycles. The van der Waals surface area contributed by atoms with Gasteiger partial charge in [0.1, 0.15) is 0 Å². The second kappa shape index (κ2) is 7.11. The first-order valence-electron chi connectivity index (χ1n) is 8.33. The van der Waals surface area contributed by atoms with E-state index in [0.29, 0.717) is 37.7 Å². The summed E-state index contributed by atoms with van der Waals surface area (Å²) in [6.45, 7) is 6.86. The van der Waals surface area contributed by atoms with Crippen molar-refractivity contribution < 1.29 is 17.9 Å². The average Bonchev–Trinajstić information content (AvgIpc) is 2.94. The third kappa shape index (κ3) is 3.51. The van der Waals surface area contributed by atoms with Gasteiger partial charge in [-0.05, 0) is 32.8 Å². The average molecular weight is 373 g/mol. The Labute approximate surface area is 147 Å². The highest BCUT2D eigenvalue weighted by atomic mass is 32.2. The summed E-state index contributed by atoms with van der Waals surface area (Å²) < 4.78 is 32.7. The Balaban J connectivity index is 1.75. The molecule has 3 heterocycles. The zero-order chi connectivity index (χ0) is 17.3. The minimum absolute atomic E-state index is 0.0661. The smallest absolute Gasteiger partial charge is 0.244 e. The van der Waals surface area contributed by atoms with Crippen LogP contribution < -0.4 is 0 Å². The van der Waals surface area contributed by atoms with Crippen molar-refractivity contribution in [1.82, 2.24) is 9.21 Å². The van der Waals surface area contributed by atoms with Crippen LogP contribution in [0.4, 0.5) is 0 Å². The van der Waals surface area contributed by atoms with Crippen molar-refractivity contribution in [3.63, 3.8) is 0 Å². The fourth-order valence-electron chi connectivity index (χ4n) is 3.41. The van der Waals surface area contributed by atoms with Crippen LogP contribution in [0.3, 0.4) is 0 Å². The molecule has 8 heteroatoms. The van der Waals surface area contributed by atoms with E-state index in [4.69, 9.17) is 4.74 Å². The number of rotatable bonds is 3. The summed E-state index contributed by atoms with van der Waals surface area (Å²) >= 11 is 1.50. The quantitative estimate of drug-likeness (QED) is 0.809. The third-order valence-electron chi connectivity index (χ3n) is 4.67. The second-order valence-corrected chi connectivity index (χ2v) is 9.78. The van der Waals surface area contributed by atoms with Crippen molar-refractivity contribution >= 4 is 27.3 Å². The highest BCUT2D eigenvalue weighted by molar-refractivity contribution is 7.89. The number of morpholine rings is 1. The van der Waals surface area contributed by atoms with Gasteiger partial charge in [0.2, 0.25) is 15.9 Å². The molecule has 0 aromatic carbocycles. The molecule has 0 radical (unpaired) electrons. The van der Waals surface area contributed by atoms with Crippen molar-refractivity contribution in [3.05, 3.63) is 15.8 Å². The van der Waals surface area contributed by atoms with Crippen LogP contribution in [0.2, 0.25) is 0 Å². The van der Waals surface area contributed by atoms with Crippen LogP contribution in [-0.2, 0) is 19.6 Å². The Morgan fingerprint density at radius 3 is 2.58 bits per heavy atom. The lowest BCUT2D eigenvalue weighted by atomic mass is 9.98. The fraction of sp³-hybridized carbons (Fsp3) is 0.688. The normalized spacial score (nSPS) is 23.4. The largest absolute Gasteiger partial charge is 0.378 e. The fourth-order valence-corrected chi connectivity index (χ4v) is 6.45. The van der Waals surface area contributed by atoms with Gasteiger partial charge in [0.15, 0.2) is 0 Å². The topological polar surface area (TPSA) is 66.9 Å². The van der Waals surface area contributed by atoms with Crippen LogP contribution in [0.25, 0.3) is 0 Å². The van der Waals surface area contributed by atoms with Gasteiger partial charge >= 0.3 is 0 Å². The van der Waals surface area contributed by atoms with Crippen molar-refractivity contribution in [1.29, 1.82) is 0 Å². The Kier molecular flexibility index (Phi) is 5.29. The Bertz CT molecular complexity index is 708. The van der Waals surface area contributed by atoms with Crippen LogP contribution in [0.15, 0.2) is 11.0 Å². The number of amides is 1. The minimum atomic E-state index is -3.52. The SMILES string of the molecule is Cc1cc(S(=O)(=O)N2CCC[C@H](C(=O)N3CCOCC3)C2)c(C)s1. The van der Waals surface area contributed by atoms with Gasteiger partial charge in [-0.15, -0.1) is 11.3 Å². The minimum Gasteiger partial charge on any atom is -0.378 e. The monoisotopic (exact) mass is 372 g/mol. The first kappa shape index (κ1) is 17.8. The number of sulfonamides is 1. The molecule has 6 nitrogen and oxygen atoms in total. The summed E-state index contributed by atoms with van der Waals surface area (Å²) in [6, 6.07) is 1.74. The number of aryl methyl sites for hydroxylation is 2. The molecular weight excluding hydrogens is 348 g/mol. The van der Waals surface area contributed by atoms with Gasteiger partial charge in [-0.3, -0.25) is 4.79 Å². The zero-order valence-electron chi connectivity index (χ0n) is 14.2. The van der Waals surface area contributed by atoms with E-state index in [1.165, 1.54) is 15.6 Å². The Morgan fingerprint density at radius 2 is 1.96 bits per heavy atom. The lowest BCUT2D eigenvalue weighted by Gasteiger charge is -2.35. The van der Waals surface area contributed by atoms with Gasteiger partial charge in [0, 0.05) is 35.9 Å². The Hall–Kier alpha value is -0.960. The van der Waals surface area contributed by atoms with Gasteiger partial charge in [-0.2, -0.15) is 4.31 Å². The van der Waals surface area contributed by atoms with E-state index in [1.54, 1.807) is 6.07 Å². The van der Waals surface area contributed by atoms with Crippen molar-refractivity contribution in [3.8, 4) is 0 Å². The first-order chi connectivity index (χ1) is 11.4. The van der Waals surface area contributed by atoms with E-state index in [1.807, 2.05) is 18.7 Å². The number of hydrogen-bond acceptors (Lipinski definition) is 5. The van der Waals surface area contributed by atoms with Crippen LogP contribution >= 0.6 is 11.3 Å². The van der Waals surface area contributed by atoms with E-state index in [9.17, 15) is 13.2 Å². The van der Waals surface area contributed by atoms with Crippen LogP contribution in [0, 0.1) is 19.8 Å². The van der Waals surface area contributed by atoms with Crippen LogP contribution in [0.5, 0.6) is 0 Å². The summed E-state index contributed by atoms with van der Waals surface area (Å²) in [7, 11) is -3.52. The second-order valence-electron chi connectivity index (χ2n) is 6.42. The molecule has 2 aliphatic rings. The number of nitrogens with zero attached hydrogens (tertiary/aromatic N) is 2. The maximum Gasteiger partial charge on any atom is 0.244 e. The molecule has 0 unspecified atom stereocenters. The highest BCUT2D eigenvalue weighted by Gasteiger charge is 2.36. The number of piperidine rings is 1. The molecule has 0 bridgehead atoms. The molecule has 2 saturated heterocycles. The van der Waals surface area contributed by atoms with Gasteiger partial charge in [-0.25, -0.2) is 8.42 Å². The number of thiophene rings is 1. The molecule has 3 rings (SSSR count). The molecule has 24 heavy (non-hydrogen) atoms.